The molecular weight excluding hydrogens is 112 g/mol. The summed E-state index contributed by atoms with van der Waals surface area (Å²) in [6.45, 7) is 1.02. The molecule has 0 spiro atoms. The topological polar surface area (TPSA) is 27.0 Å². The van der Waals surface area contributed by atoms with Crippen molar-refractivity contribution in [1.29, 1.82) is 5.26 Å². The van der Waals surface area contributed by atoms with Crippen molar-refractivity contribution < 1.29 is 0 Å². The lowest BCUT2D eigenvalue weighted by molar-refractivity contribution is 0.0574. The lowest BCUT2D eigenvalue weighted by Crippen LogP contribution is -2.48. The summed E-state index contributed by atoms with van der Waals surface area (Å²) in [5.41, 5.74) is 0. The Morgan fingerprint density at radius 2 is 2.22 bits per heavy atom. The van der Waals surface area contributed by atoms with Gasteiger partial charge in [-0.3, -0.25) is 0 Å². The van der Waals surface area contributed by atoms with E-state index >= 15 is 0 Å². The molecule has 0 N–H and O–H groups in total. The zero-order valence-electron chi connectivity index (χ0n) is 5.38. The normalized spacial score (nSPS) is 39.2. The van der Waals surface area contributed by atoms with Crippen molar-refractivity contribution >= 4 is 0 Å². The van der Waals surface area contributed by atoms with Crippen LogP contribution in [0.25, 0.3) is 0 Å². The standard InChI is InChI=1S/C7H10N2/c8-5-9-2-1-6-3-7(9)4-6/h6-7H,1-4H2. The first kappa shape index (κ1) is 5.10. The van der Waals surface area contributed by atoms with E-state index in [1.807, 2.05) is 4.90 Å². The van der Waals surface area contributed by atoms with Crippen LogP contribution in [0.3, 0.4) is 0 Å². The van der Waals surface area contributed by atoms with Crippen molar-refractivity contribution in [3.8, 4) is 6.19 Å². The number of nitrogens with zero attached hydrogens (tertiary/aromatic N) is 2. The molecule has 0 amide bonds. The van der Waals surface area contributed by atoms with E-state index in [9.17, 15) is 0 Å². The van der Waals surface area contributed by atoms with E-state index < -0.39 is 0 Å². The Morgan fingerprint density at radius 3 is 2.56 bits per heavy atom. The Labute approximate surface area is 55.1 Å². The molecule has 1 saturated carbocycles. The lowest BCUT2D eigenvalue weighted by Gasteiger charge is -2.46. The Morgan fingerprint density at radius 1 is 1.44 bits per heavy atom. The molecule has 0 aromatic heterocycles. The van der Waals surface area contributed by atoms with Gasteiger partial charge in [-0.25, -0.2) is 0 Å². The van der Waals surface area contributed by atoms with Crippen molar-refractivity contribution in [3.63, 3.8) is 0 Å². The predicted molar refractivity (Wildman–Crippen MR) is 33.4 cm³/mol. The summed E-state index contributed by atoms with van der Waals surface area (Å²) < 4.78 is 0. The molecule has 2 saturated heterocycles. The summed E-state index contributed by atoms with van der Waals surface area (Å²) >= 11 is 0. The third-order valence-electron chi connectivity index (χ3n) is 2.56. The second kappa shape index (κ2) is 1.63. The van der Waals surface area contributed by atoms with Gasteiger partial charge in [0.25, 0.3) is 0 Å². The number of rotatable bonds is 0. The second-order valence-electron chi connectivity index (χ2n) is 3.07. The lowest BCUT2D eigenvalue weighted by atomic mass is 9.74. The van der Waals surface area contributed by atoms with E-state index in [-0.39, 0.29) is 0 Å². The highest BCUT2D eigenvalue weighted by molar-refractivity contribution is 4.97. The molecule has 3 fully saturated rings. The van der Waals surface area contributed by atoms with E-state index in [4.69, 9.17) is 5.26 Å². The molecular formula is C7H10N2. The molecule has 2 heterocycles. The fourth-order valence-corrected chi connectivity index (χ4v) is 1.83. The van der Waals surface area contributed by atoms with Gasteiger partial charge in [0.15, 0.2) is 6.19 Å². The summed E-state index contributed by atoms with van der Waals surface area (Å²) in [7, 11) is 0. The smallest absolute Gasteiger partial charge is 0.179 e. The zero-order valence-corrected chi connectivity index (χ0v) is 5.38. The Bertz CT molecular complexity index is 150. The van der Waals surface area contributed by atoms with Gasteiger partial charge in [0.05, 0.1) is 0 Å². The summed E-state index contributed by atoms with van der Waals surface area (Å²) in [5, 5.41) is 8.56. The van der Waals surface area contributed by atoms with Crippen LogP contribution >= 0.6 is 0 Å². The van der Waals surface area contributed by atoms with Gasteiger partial charge in [-0.05, 0) is 25.2 Å². The van der Waals surface area contributed by atoms with Gasteiger partial charge in [0.2, 0.25) is 0 Å². The maximum absolute atomic E-state index is 8.56. The highest BCUT2D eigenvalue weighted by Gasteiger charge is 2.37. The monoisotopic (exact) mass is 122 g/mol. The van der Waals surface area contributed by atoms with Crippen molar-refractivity contribution in [2.24, 2.45) is 5.92 Å². The maximum atomic E-state index is 8.56. The Hall–Kier alpha value is -0.710. The molecule has 0 aromatic carbocycles. The van der Waals surface area contributed by atoms with Crippen molar-refractivity contribution in [3.05, 3.63) is 0 Å². The predicted octanol–water partition coefficient (Wildman–Crippen LogP) is 0.952. The summed E-state index contributed by atoms with van der Waals surface area (Å²) in [6, 6.07) is 0.633. The number of fused-ring (bicyclic) bond motifs is 2. The van der Waals surface area contributed by atoms with Crippen LogP contribution in [-0.4, -0.2) is 17.5 Å². The van der Waals surface area contributed by atoms with Crippen LogP contribution in [0.4, 0.5) is 0 Å². The fourth-order valence-electron chi connectivity index (χ4n) is 1.83. The quantitative estimate of drug-likeness (QED) is 0.447. The van der Waals surface area contributed by atoms with Crippen LogP contribution in [0.1, 0.15) is 19.3 Å². The van der Waals surface area contributed by atoms with Gasteiger partial charge in [-0.15, -0.1) is 0 Å². The molecule has 3 aliphatic rings. The third-order valence-corrected chi connectivity index (χ3v) is 2.56. The molecule has 0 aromatic rings. The highest BCUT2D eigenvalue weighted by atomic mass is 15.2. The summed E-state index contributed by atoms with van der Waals surface area (Å²) in [5.74, 6) is 0.972. The number of nitriles is 1. The number of piperidine rings is 2. The Balaban J connectivity index is 2.03. The minimum absolute atomic E-state index is 0.633. The molecule has 2 aliphatic heterocycles. The van der Waals surface area contributed by atoms with Crippen molar-refractivity contribution in [1.82, 2.24) is 4.90 Å². The van der Waals surface area contributed by atoms with Gasteiger partial charge in [0, 0.05) is 12.6 Å². The minimum atomic E-state index is 0.633. The Kier molecular flexibility index (Phi) is 0.926. The van der Waals surface area contributed by atoms with Gasteiger partial charge >= 0.3 is 0 Å². The molecule has 1 aliphatic carbocycles. The van der Waals surface area contributed by atoms with Gasteiger partial charge in [-0.2, -0.15) is 5.26 Å². The SMILES string of the molecule is N#CN1CCC2CC1C2. The molecule has 2 nitrogen and oxygen atoms in total. The van der Waals surface area contributed by atoms with Gasteiger partial charge in [0.1, 0.15) is 0 Å². The maximum Gasteiger partial charge on any atom is 0.179 e. The second-order valence-corrected chi connectivity index (χ2v) is 3.07. The van der Waals surface area contributed by atoms with E-state index in [0.717, 1.165) is 12.5 Å². The van der Waals surface area contributed by atoms with Gasteiger partial charge in [-0.1, -0.05) is 0 Å². The minimum Gasteiger partial charge on any atom is -0.308 e. The molecule has 0 unspecified atom stereocenters. The van der Waals surface area contributed by atoms with E-state index in [1.54, 1.807) is 0 Å². The molecule has 48 valence electrons. The molecule has 0 atom stereocenters. The number of hydrogen-bond donors (Lipinski definition) is 0. The molecule has 2 bridgehead atoms. The van der Waals surface area contributed by atoms with Crippen LogP contribution in [-0.2, 0) is 0 Å². The van der Waals surface area contributed by atoms with Crippen LogP contribution in [0, 0.1) is 17.4 Å². The highest BCUT2D eigenvalue weighted by Crippen LogP contribution is 2.38. The van der Waals surface area contributed by atoms with E-state index in [1.165, 1.54) is 19.3 Å². The number of hydrogen-bond acceptors (Lipinski definition) is 2. The van der Waals surface area contributed by atoms with Gasteiger partial charge < -0.3 is 4.90 Å². The van der Waals surface area contributed by atoms with E-state index in [0.29, 0.717) is 6.04 Å². The first-order chi connectivity index (χ1) is 4.40. The van der Waals surface area contributed by atoms with Crippen LogP contribution in [0.5, 0.6) is 0 Å². The molecule has 3 rings (SSSR count). The third kappa shape index (κ3) is 0.610. The average molecular weight is 122 g/mol. The summed E-state index contributed by atoms with van der Waals surface area (Å²) in [6.07, 6.45) is 6.05. The van der Waals surface area contributed by atoms with Crippen molar-refractivity contribution in [2.75, 3.05) is 6.54 Å². The fraction of sp³-hybridized carbons (Fsp3) is 0.857. The largest absolute Gasteiger partial charge is 0.308 e. The molecule has 2 heteroatoms. The summed E-state index contributed by atoms with van der Waals surface area (Å²) in [4.78, 5) is 1.93. The molecule has 9 heavy (non-hydrogen) atoms. The van der Waals surface area contributed by atoms with Crippen molar-refractivity contribution in [2.45, 2.75) is 25.3 Å². The first-order valence-electron chi connectivity index (χ1n) is 3.56. The van der Waals surface area contributed by atoms with Crippen LogP contribution in [0.2, 0.25) is 0 Å². The molecule has 0 radical (unpaired) electrons. The first-order valence-corrected chi connectivity index (χ1v) is 3.56. The van der Waals surface area contributed by atoms with Crippen LogP contribution < -0.4 is 0 Å². The average Bonchev–Trinajstić information content (AvgIpc) is 1.86. The zero-order chi connectivity index (χ0) is 6.27. The van der Waals surface area contributed by atoms with Crippen LogP contribution in [0.15, 0.2) is 0 Å². The van der Waals surface area contributed by atoms with E-state index in [2.05, 4.69) is 6.19 Å².